The average molecular weight is 277 g/mol. The van der Waals surface area contributed by atoms with Gasteiger partial charge in [0, 0.05) is 13.1 Å². The van der Waals surface area contributed by atoms with E-state index in [-0.39, 0.29) is 0 Å². The second kappa shape index (κ2) is 5.36. The molecule has 19 heavy (non-hydrogen) atoms. The normalized spacial score (nSPS) is 10.6. The molecule has 0 saturated heterocycles. The fourth-order valence-corrected chi connectivity index (χ4v) is 3.00. The number of hydrogen-bond acceptors (Lipinski definition) is 5. The first kappa shape index (κ1) is 13.5. The highest BCUT2D eigenvalue weighted by Crippen LogP contribution is 2.34. The molecule has 0 aliphatic carbocycles. The third kappa shape index (κ3) is 2.31. The molecule has 0 unspecified atom stereocenters. The van der Waals surface area contributed by atoms with Crippen molar-refractivity contribution in [3.8, 4) is 0 Å². The van der Waals surface area contributed by atoms with Crippen LogP contribution in [0.4, 0.5) is 5.82 Å². The zero-order valence-corrected chi connectivity index (χ0v) is 11.7. The van der Waals surface area contributed by atoms with Gasteiger partial charge >= 0.3 is 5.97 Å². The van der Waals surface area contributed by atoms with Crippen LogP contribution in [0, 0.1) is 6.92 Å². The number of aromatic nitrogens is 2. The first-order valence-electron chi connectivity index (χ1n) is 5.93. The number of thiophene rings is 1. The number of likely N-dealkylation sites (N-methyl/N-ethyl adjacent to an activating group) is 1. The van der Waals surface area contributed by atoms with E-state index in [9.17, 15) is 9.90 Å². The van der Waals surface area contributed by atoms with Crippen molar-refractivity contribution in [2.45, 2.75) is 13.8 Å². The van der Waals surface area contributed by atoms with Gasteiger partial charge in [-0.3, -0.25) is 0 Å². The Morgan fingerprint density at radius 3 is 2.89 bits per heavy atom. The highest BCUT2D eigenvalue weighted by molar-refractivity contribution is 7.20. The van der Waals surface area contributed by atoms with Crippen molar-refractivity contribution >= 4 is 33.3 Å². The number of carbonyl (C=O) groups is 1. The first-order chi connectivity index (χ1) is 9.10. The lowest BCUT2D eigenvalue weighted by Crippen LogP contribution is -2.23. The number of fused-ring (bicyclic) bond motifs is 1. The predicted molar refractivity (Wildman–Crippen MR) is 77.2 cm³/mol. The minimum absolute atomic E-state index is 0.325. The molecule has 0 atom stereocenters. The van der Waals surface area contributed by atoms with Gasteiger partial charge in [-0.25, -0.2) is 14.8 Å². The maximum absolute atomic E-state index is 11.2. The molecule has 0 spiro atoms. The van der Waals surface area contributed by atoms with Crippen LogP contribution in [0.15, 0.2) is 19.0 Å². The zero-order chi connectivity index (χ0) is 14.0. The molecule has 0 bridgehead atoms. The quantitative estimate of drug-likeness (QED) is 0.851. The average Bonchev–Trinajstić information content (AvgIpc) is 2.74. The molecule has 2 aromatic heterocycles. The topological polar surface area (TPSA) is 66.3 Å². The summed E-state index contributed by atoms with van der Waals surface area (Å²) in [7, 11) is 0. The van der Waals surface area contributed by atoms with Crippen LogP contribution in [0.1, 0.15) is 22.2 Å². The molecule has 2 heterocycles. The lowest BCUT2D eigenvalue weighted by molar-refractivity contribution is 0.0701. The number of aromatic carboxylic acids is 1. The third-order valence-electron chi connectivity index (χ3n) is 2.93. The highest BCUT2D eigenvalue weighted by atomic mass is 32.1. The van der Waals surface area contributed by atoms with Gasteiger partial charge < -0.3 is 10.0 Å². The lowest BCUT2D eigenvalue weighted by atomic mass is 10.2. The van der Waals surface area contributed by atoms with E-state index in [4.69, 9.17) is 0 Å². The smallest absolute Gasteiger partial charge is 0.346 e. The predicted octanol–water partition coefficient (Wildman–Crippen LogP) is 2.71. The maximum Gasteiger partial charge on any atom is 0.346 e. The minimum Gasteiger partial charge on any atom is -0.477 e. The Hall–Kier alpha value is -1.95. The van der Waals surface area contributed by atoms with E-state index in [1.807, 2.05) is 11.8 Å². The summed E-state index contributed by atoms with van der Waals surface area (Å²) in [6.45, 7) is 9.00. The van der Waals surface area contributed by atoms with Gasteiger partial charge in [-0.1, -0.05) is 6.08 Å². The van der Waals surface area contributed by atoms with E-state index in [1.54, 1.807) is 13.0 Å². The van der Waals surface area contributed by atoms with Gasteiger partial charge in [0.25, 0.3) is 0 Å². The van der Waals surface area contributed by atoms with Gasteiger partial charge in [0.05, 0.1) is 5.39 Å². The Bertz CT molecular complexity index is 636. The van der Waals surface area contributed by atoms with Crippen molar-refractivity contribution in [1.29, 1.82) is 0 Å². The SMILES string of the molecule is C=CCN(CC)c1ncnc2sc(C(=O)O)c(C)c12. The van der Waals surface area contributed by atoms with Crippen molar-refractivity contribution < 1.29 is 9.90 Å². The molecule has 100 valence electrons. The maximum atomic E-state index is 11.2. The number of anilines is 1. The van der Waals surface area contributed by atoms with Crippen LogP contribution in [-0.4, -0.2) is 34.1 Å². The number of carboxylic acid groups (broad SMARTS) is 1. The number of rotatable bonds is 5. The molecule has 0 aliphatic heterocycles. The summed E-state index contributed by atoms with van der Waals surface area (Å²) < 4.78 is 0. The van der Waals surface area contributed by atoms with Crippen LogP contribution < -0.4 is 4.90 Å². The molecule has 2 aromatic rings. The molecular weight excluding hydrogens is 262 g/mol. The van der Waals surface area contributed by atoms with Crippen molar-refractivity contribution in [3.63, 3.8) is 0 Å². The van der Waals surface area contributed by atoms with Gasteiger partial charge in [0.2, 0.25) is 0 Å². The monoisotopic (exact) mass is 277 g/mol. The second-order valence-corrected chi connectivity index (χ2v) is 5.07. The Labute approximate surface area is 115 Å². The molecule has 0 radical (unpaired) electrons. The molecule has 2 rings (SSSR count). The molecule has 0 aromatic carbocycles. The molecule has 1 N–H and O–H groups in total. The molecule has 5 nitrogen and oxygen atoms in total. The highest BCUT2D eigenvalue weighted by Gasteiger charge is 2.20. The summed E-state index contributed by atoms with van der Waals surface area (Å²) in [5.41, 5.74) is 0.727. The summed E-state index contributed by atoms with van der Waals surface area (Å²) in [6.07, 6.45) is 3.28. The van der Waals surface area contributed by atoms with Crippen LogP contribution in [0.3, 0.4) is 0 Å². The van der Waals surface area contributed by atoms with Crippen molar-refractivity contribution in [2.75, 3.05) is 18.0 Å². The van der Waals surface area contributed by atoms with Crippen LogP contribution >= 0.6 is 11.3 Å². The van der Waals surface area contributed by atoms with E-state index in [0.717, 1.165) is 23.3 Å². The van der Waals surface area contributed by atoms with Crippen LogP contribution in [0.2, 0.25) is 0 Å². The third-order valence-corrected chi connectivity index (χ3v) is 4.12. The standard InChI is InChI=1S/C13H15N3O2S/c1-4-6-16(5-2)11-9-8(3)10(13(17)18)19-12(9)15-7-14-11/h4,7H,1,5-6H2,2-3H3,(H,17,18). The number of carboxylic acids is 1. The van der Waals surface area contributed by atoms with Gasteiger partial charge in [0.15, 0.2) is 0 Å². The van der Waals surface area contributed by atoms with Gasteiger partial charge in [0.1, 0.15) is 21.9 Å². The number of nitrogens with zero attached hydrogens (tertiary/aromatic N) is 3. The van der Waals surface area contributed by atoms with Crippen LogP contribution in [0.25, 0.3) is 10.2 Å². The largest absolute Gasteiger partial charge is 0.477 e. The summed E-state index contributed by atoms with van der Waals surface area (Å²) in [5.74, 6) is -0.146. The summed E-state index contributed by atoms with van der Waals surface area (Å²) in [4.78, 5) is 22.8. The summed E-state index contributed by atoms with van der Waals surface area (Å²) in [6, 6.07) is 0. The van der Waals surface area contributed by atoms with E-state index < -0.39 is 5.97 Å². The fourth-order valence-electron chi connectivity index (χ4n) is 2.02. The Kier molecular flexibility index (Phi) is 3.80. The van der Waals surface area contributed by atoms with E-state index >= 15 is 0 Å². The van der Waals surface area contributed by atoms with Gasteiger partial charge in [-0.2, -0.15) is 0 Å². The zero-order valence-electron chi connectivity index (χ0n) is 10.9. The van der Waals surface area contributed by atoms with Crippen LogP contribution in [-0.2, 0) is 0 Å². The van der Waals surface area contributed by atoms with E-state index in [0.29, 0.717) is 16.3 Å². The van der Waals surface area contributed by atoms with Gasteiger partial charge in [-0.05, 0) is 19.4 Å². The number of aryl methyl sites for hydroxylation is 1. The lowest BCUT2D eigenvalue weighted by Gasteiger charge is -2.20. The molecule has 0 amide bonds. The molecule has 0 saturated carbocycles. The second-order valence-electron chi connectivity index (χ2n) is 4.07. The Morgan fingerprint density at radius 2 is 2.32 bits per heavy atom. The van der Waals surface area contributed by atoms with Crippen molar-refractivity contribution in [2.24, 2.45) is 0 Å². The minimum atomic E-state index is -0.918. The molecular formula is C13H15N3O2S. The van der Waals surface area contributed by atoms with E-state index in [1.165, 1.54) is 17.7 Å². The van der Waals surface area contributed by atoms with Gasteiger partial charge in [-0.15, -0.1) is 17.9 Å². The first-order valence-corrected chi connectivity index (χ1v) is 6.75. The Balaban J connectivity index is 2.68. The van der Waals surface area contributed by atoms with Crippen LogP contribution in [0.5, 0.6) is 0 Å². The summed E-state index contributed by atoms with van der Waals surface area (Å²) >= 11 is 1.19. The Morgan fingerprint density at radius 1 is 1.58 bits per heavy atom. The molecule has 6 heteroatoms. The molecule has 0 aliphatic rings. The fraction of sp³-hybridized carbons (Fsp3) is 0.308. The molecule has 0 fully saturated rings. The number of hydrogen-bond donors (Lipinski definition) is 1. The van der Waals surface area contributed by atoms with E-state index in [2.05, 4.69) is 16.5 Å². The van der Waals surface area contributed by atoms with Crippen molar-refractivity contribution in [1.82, 2.24) is 9.97 Å². The van der Waals surface area contributed by atoms with Crippen molar-refractivity contribution in [3.05, 3.63) is 29.4 Å². The summed E-state index contributed by atoms with van der Waals surface area (Å²) in [5, 5.41) is 10.0.